The van der Waals surface area contributed by atoms with Gasteiger partial charge in [-0.05, 0) is 6.42 Å². The maximum atomic E-state index is 13.9. The van der Waals surface area contributed by atoms with Gasteiger partial charge in [0.25, 0.3) is 5.92 Å². The number of amides is 2. The number of carbonyl (C=O) groups is 2. The second-order valence-corrected chi connectivity index (χ2v) is 5.72. The zero-order valence-electron chi connectivity index (χ0n) is 11.8. The molecule has 2 fully saturated rings. The predicted molar refractivity (Wildman–Crippen MR) is 67.3 cm³/mol. The van der Waals surface area contributed by atoms with E-state index < -0.39 is 30.2 Å². The number of alkyl halides is 2. The van der Waals surface area contributed by atoms with E-state index in [0.29, 0.717) is 26.1 Å². The van der Waals surface area contributed by atoms with Crippen molar-refractivity contribution in [2.24, 2.45) is 5.41 Å². The zero-order chi connectivity index (χ0) is 15.0. The number of hydrogen-bond acceptors (Lipinski definition) is 3. The molecule has 2 amide bonds. The molecule has 7 heteroatoms. The van der Waals surface area contributed by atoms with Crippen molar-refractivity contribution in [3.63, 3.8) is 0 Å². The third kappa shape index (κ3) is 2.77. The van der Waals surface area contributed by atoms with E-state index >= 15 is 0 Å². The summed E-state index contributed by atoms with van der Waals surface area (Å²) in [5.74, 6) is -3.69. The maximum Gasteiger partial charge on any atom is 0.266 e. The second-order valence-electron chi connectivity index (χ2n) is 5.72. The summed E-state index contributed by atoms with van der Waals surface area (Å²) in [6.45, 7) is 2.01. The molecule has 5 nitrogen and oxygen atoms in total. The molecular weight excluding hydrogens is 270 g/mol. The van der Waals surface area contributed by atoms with Crippen LogP contribution in [0.3, 0.4) is 0 Å². The average molecular weight is 290 g/mol. The quantitative estimate of drug-likeness (QED) is 0.770. The first kappa shape index (κ1) is 15.2. The molecule has 0 aromatic carbocycles. The van der Waals surface area contributed by atoms with Crippen LogP contribution in [0.25, 0.3) is 0 Å². The molecule has 1 spiro atoms. The highest BCUT2D eigenvalue weighted by Gasteiger charge is 2.57. The molecule has 2 saturated heterocycles. The highest BCUT2D eigenvalue weighted by molar-refractivity contribution is 5.86. The Balaban J connectivity index is 2.17. The molecule has 0 N–H and O–H groups in total. The first-order chi connectivity index (χ1) is 9.30. The third-order valence-corrected chi connectivity index (χ3v) is 4.12. The van der Waals surface area contributed by atoms with Crippen LogP contribution in [0.4, 0.5) is 8.78 Å². The van der Waals surface area contributed by atoms with Gasteiger partial charge in [-0.3, -0.25) is 9.59 Å². The fourth-order valence-corrected chi connectivity index (χ4v) is 3.15. The molecule has 0 unspecified atom stereocenters. The number of hydrogen-bond donors (Lipinski definition) is 0. The second kappa shape index (κ2) is 5.27. The lowest BCUT2D eigenvalue weighted by Crippen LogP contribution is -2.56. The molecule has 0 aromatic heterocycles. The number of halogens is 2. The molecule has 0 aromatic rings. The standard InChI is InChI=1S/C13H20F2N2O3/c1-10(18)17-8-12(7-13(14,15)9-17)3-4-16(11(12)19)5-6-20-2/h3-9H2,1-2H3/t12-/m0/s1. The molecule has 2 rings (SSSR count). The van der Waals surface area contributed by atoms with Gasteiger partial charge in [-0.1, -0.05) is 0 Å². The lowest BCUT2D eigenvalue weighted by atomic mass is 9.77. The van der Waals surface area contributed by atoms with Gasteiger partial charge in [-0.15, -0.1) is 0 Å². The largest absolute Gasteiger partial charge is 0.383 e. The summed E-state index contributed by atoms with van der Waals surface area (Å²) < 4.78 is 32.7. The molecule has 114 valence electrons. The zero-order valence-corrected chi connectivity index (χ0v) is 11.8. The van der Waals surface area contributed by atoms with Crippen LogP contribution in [0.5, 0.6) is 0 Å². The molecule has 20 heavy (non-hydrogen) atoms. The highest BCUT2D eigenvalue weighted by atomic mass is 19.3. The van der Waals surface area contributed by atoms with Crippen molar-refractivity contribution in [1.29, 1.82) is 0 Å². The topological polar surface area (TPSA) is 49.9 Å². The van der Waals surface area contributed by atoms with Gasteiger partial charge in [-0.25, -0.2) is 8.78 Å². The summed E-state index contributed by atoms with van der Waals surface area (Å²) in [6.07, 6.45) is -0.0962. The average Bonchev–Trinajstić information content (AvgIpc) is 2.62. The van der Waals surface area contributed by atoms with Crippen molar-refractivity contribution >= 4 is 11.8 Å². The number of rotatable bonds is 3. The molecule has 1 atom stereocenters. The van der Waals surface area contributed by atoms with Gasteiger partial charge in [0, 0.05) is 40.1 Å². The van der Waals surface area contributed by atoms with Gasteiger partial charge < -0.3 is 14.5 Å². The monoisotopic (exact) mass is 290 g/mol. The van der Waals surface area contributed by atoms with Crippen LogP contribution >= 0.6 is 0 Å². The van der Waals surface area contributed by atoms with Crippen LogP contribution < -0.4 is 0 Å². The van der Waals surface area contributed by atoms with E-state index in [1.165, 1.54) is 14.0 Å². The third-order valence-electron chi connectivity index (χ3n) is 4.12. The number of ether oxygens (including phenoxy) is 1. The van der Waals surface area contributed by atoms with Gasteiger partial charge in [-0.2, -0.15) is 0 Å². The van der Waals surface area contributed by atoms with Gasteiger partial charge in [0.2, 0.25) is 11.8 Å². The SMILES string of the molecule is COCCN1CC[C@]2(CN(C(C)=O)CC(F)(F)C2)C1=O. The Morgan fingerprint density at radius 3 is 2.70 bits per heavy atom. The van der Waals surface area contributed by atoms with Crippen molar-refractivity contribution in [3.05, 3.63) is 0 Å². The smallest absolute Gasteiger partial charge is 0.266 e. The Morgan fingerprint density at radius 2 is 2.10 bits per heavy atom. The van der Waals surface area contributed by atoms with Crippen molar-refractivity contribution in [3.8, 4) is 0 Å². The highest BCUT2D eigenvalue weighted by Crippen LogP contribution is 2.45. The summed E-state index contributed by atoms with van der Waals surface area (Å²) in [5.41, 5.74) is -1.12. The van der Waals surface area contributed by atoms with Crippen LogP contribution in [0, 0.1) is 5.41 Å². The fraction of sp³-hybridized carbons (Fsp3) is 0.846. The van der Waals surface area contributed by atoms with E-state index in [0.717, 1.165) is 4.90 Å². The van der Waals surface area contributed by atoms with Crippen LogP contribution in [0.2, 0.25) is 0 Å². The molecule has 2 aliphatic heterocycles. The molecule has 0 bridgehead atoms. The molecule has 2 aliphatic rings. The molecule has 2 heterocycles. The van der Waals surface area contributed by atoms with E-state index in [-0.39, 0.29) is 12.5 Å². The Morgan fingerprint density at radius 1 is 1.40 bits per heavy atom. The van der Waals surface area contributed by atoms with Crippen LogP contribution in [-0.4, -0.2) is 67.4 Å². The van der Waals surface area contributed by atoms with E-state index in [4.69, 9.17) is 4.74 Å². The van der Waals surface area contributed by atoms with Crippen molar-refractivity contribution in [2.45, 2.75) is 25.7 Å². The number of likely N-dealkylation sites (tertiary alicyclic amines) is 2. The summed E-state index contributed by atoms with van der Waals surface area (Å²) in [5, 5.41) is 0. The minimum atomic E-state index is -3.00. The summed E-state index contributed by atoms with van der Waals surface area (Å²) in [7, 11) is 1.53. The van der Waals surface area contributed by atoms with E-state index in [2.05, 4.69) is 0 Å². The van der Waals surface area contributed by atoms with E-state index in [1.807, 2.05) is 0 Å². The van der Waals surface area contributed by atoms with Gasteiger partial charge in [0.15, 0.2) is 0 Å². The molecule has 0 saturated carbocycles. The van der Waals surface area contributed by atoms with Crippen molar-refractivity contribution in [2.75, 3.05) is 39.9 Å². The Hall–Kier alpha value is -1.24. The number of piperidine rings is 1. The Labute approximate surface area is 116 Å². The first-order valence-corrected chi connectivity index (χ1v) is 6.71. The lowest BCUT2D eigenvalue weighted by molar-refractivity contribution is -0.162. The number of nitrogens with zero attached hydrogens (tertiary/aromatic N) is 2. The minimum Gasteiger partial charge on any atom is -0.383 e. The Kier molecular flexibility index (Phi) is 4.00. The maximum absolute atomic E-state index is 13.9. The van der Waals surface area contributed by atoms with Crippen molar-refractivity contribution < 1.29 is 23.1 Å². The Bertz CT molecular complexity index is 416. The molecule has 0 radical (unpaired) electrons. The molecule has 0 aliphatic carbocycles. The van der Waals surface area contributed by atoms with Gasteiger partial charge in [0.05, 0.1) is 18.6 Å². The summed E-state index contributed by atoms with van der Waals surface area (Å²) >= 11 is 0. The summed E-state index contributed by atoms with van der Waals surface area (Å²) in [4.78, 5) is 26.5. The lowest BCUT2D eigenvalue weighted by Gasteiger charge is -2.42. The number of carbonyl (C=O) groups excluding carboxylic acids is 2. The minimum absolute atomic E-state index is 0.0975. The van der Waals surface area contributed by atoms with Crippen LogP contribution in [-0.2, 0) is 14.3 Å². The number of methoxy groups -OCH3 is 1. The summed E-state index contributed by atoms with van der Waals surface area (Å²) in [6, 6.07) is 0. The normalized spacial score (nSPS) is 29.3. The van der Waals surface area contributed by atoms with Crippen LogP contribution in [0.1, 0.15) is 19.8 Å². The van der Waals surface area contributed by atoms with Crippen LogP contribution in [0.15, 0.2) is 0 Å². The molecular formula is C13H20F2N2O3. The van der Waals surface area contributed by atoms with E-state index in [9.17, 15) is 18.4 Å². The van der Waals surface area contributed by atoms with Gasteiger partial charge >= 0.3 is 0 Å². The van der Waals surface area contributed by atoms with E-state index in [1.54, 1.807) is 4.90 Å². The first-order valence-electron chi connectivity index (χ1n) is 6.71. The van der Waals surface area contributed by atoms with Crippen molar-refractivity contribution in [1.82, 2.24) is 9.80 Å². The predicted octanol–water partition coefficient (Wildman–Crippen LogP) is 0.739. The van der Waals surface area contributed by atoms with Gasteiger partial charge in [0.1, 0.15) is 0 Å². The fourth-order valence-electron chi connectivity index (χ4n) is 3.15.